The number of carbonyl (C=O) groups excluding carboxylic acids is 1. The maximum absolute atomic E-state index is 12.7. The van der Waals surface area contributed by atoms with E-state index < -0.39 is 23.0 Å². The maximum Gasteiger partial charge on any atom is 0.194 e. The van der Waals surface area contributed by atoms with E-state index in [1.807, 2.05) is 30.3 Å². The van der Waals surface area contributed by atoms with Crippen molar-refractivity contribution in [3.05, 3.63) is 116 Å². The number of rotatable bonds is 17. The number of phenols is 5. The van der Waals surface area contributed by atoms with Gasteiger partial charge in [-0.3, -0.25) is 4.79 Å². The first kappa shape index (κ1) is 97.2. The molecule has 21 atom stereocenters. The Balaban J connectivity index is 0.000000120. The molecule has 5 N–H and O–H groups in total. The van der Waals surface area contributed by atoms with Gasteiger partial charge in [-0.2, -0.15) is 0 Å². The van der Waals surface area contributed by atoms with Gasteiger partial charge in [0.05, 0.1) is 53.4 Å². The second-order valence-corrected chi connectivity index (χ2v) is 40.7. The average molecular weight is 1830 g/mol. The van der Waals surface area contributed by atoms with Crippen molar-refractivity contribution in [2.24, 2.45) is 29.6 Å². The monoisotopic (exact) mass is 1820 g/mol. The van der Waals surface area contributed by atoms with Crippen LogP contribution in [0.3, 0.4) is 0 Å². The molecule has 5 aromatic rings. The lowest BCUT2D eigenvalue weighted by Crippen LogP contribution is -2.75. The van der Waals surface area contributed by atoms with Crippen LogP contribution in [0.5, 0.6) is 57.5 Å². The number of piperidine rings is 5. The smallest absolute Gasteiger partial charge is 0.194 e. The summed E-state index contributed by atoms with van der Waals surface area (Å²) in [5.41, 5.74) is 9.43. The number of nitrogens with zero attached hydrogens (tertiary/aromatic N) is 5. The van der Waals surface area contributed by atoms with E-state index in [-0.39, 0.29) is 86.7 Å². The maximum atomic E-state index is 12.7. The number of ether oxygens (including phenoxy) is 17. The second kappa shape index (κ2) is 37.2. The summed E-state index contributed by atoms with van der Waals surface area (Å²) in [5, 5.41) is 55.4. The number of hydrogen-bond acceptors (Lipinski definition) is 28. The second-order valence-electron chi connectivity index (χ2n) is 40.7. The Morgan fingerprint density at radius 2 is 0.786 bits per heavy atom. The Labute approximate surface area is 775 Å². The number of phenolic OH excluding ortho intramolecular Hbond substituents is 5. The van der Waals surface area contributed by atoms with Gasteiger partial charge >= 0.3 is 0 Å². The molecule has 28 nitrogen and oxygen atoms in total. The van der Waals surface area contributed by atoms with Crippen molar-refractivity contribution in [2.45, 2.75) is 246 Å². The minimum absolute atomic E-state index is 0.0265. The Hall–Kier alpha value is -6.91. The summed E-state index contributed by atoms with van der Waals surface area (Å²) in [7, 11) is 39.7. The zero-order valence-corrected chi connectivity index (χ0v) is 81.9. The van der Waals surface area contributed by atoms with Gasteiger partial charge in [0, 0.05) is 208 Å². The summed E-state index contributed by atoms with van der Waals surface area (Å²) in [4.78, 5) is 24.9. The van der Waals surface area contributed by atoms with E-state index in [0.717, 1.165) is 182 Å². The lowest BCUT2D eigenvalue weighted by atomic mass is 9.48. The summed E-state index contributed by atoms with van der Waals surface area (Å²) in [6.07, 6.45) is 15.9. The van der Waals surface area contributed by atoms with Crippen LogP contribution in [0.1, 0.15) is 159 Å². The normalized spacial score (nSPS) is 35.7. The molecule has 0 aromatic heterocycles. The van der Waals surface area contributed by atoms with Gasteiger partial charge in [0.15, 0.2) is 80.6 Å². The third kappa shape index (κ3) is 14.7. The van der Waals surface area contributed by atoms with Crippen LogP contribution in [-0.4, -0.2) is 328 Å². The zero-order chi connectivity index (χ0) is 93.9. The highest BCUT2D eigenvalue weighted by molar-refractivity contribution is 5.86. The summed E-state index contributed by atoms with van der Waals surface area (Å²) in [6.45, 7) is 7.14. The number of Topliss-reactive ketones (excluding diaryl/α,β-unsaturated/α-hetero) is 1. The minimum Gasteiger partial charge on any atom is -0.504 e. The number of aromatic hydroxyl groups is 5. The highest BCUT2D eigenvalue weighted by Gasteiger charge is 2.72. The summed E-state index contributed by atoms with van der Waals surface area (Å²) in [6, 6.07) is 21.8. The molecule has 5 saturated carbocycles. The summed E-state index contributed by atoms with van der Waals surface area (Å²) >= 11 is 0. The SMILES string of the molecule is COc1ccc2c(c1O)[C@@]13CCN(C)C(C2)C1(OC)CC(OC)(OC)CC3.COc1ccc2c(c1O)[C@@]13CCN(C)C(C2)C1CC(C)C(OC)(OC)C3.COc1ccc2c(c1O)[C@@]13CCN(C)C(C2)C1CC(OC)(OC)C(OC)C3.COc1ccc2c(c1O)[C@@]13CCN(C)C(C2)C1CC(OC)C(=O)C3.COc1ccc2c(c1O)[C@@]13CCN(C)C(C2)C1CC(OC)C(OC)C3OC. The van der Waals surface area contributed by atoms with E-state index in [1.54, 1.807) is 121 Å². The molecule has 0 spiro atoms. The molecule has 10 aliphatic carbocycles. The highest BCUT2D eigenvalue weighted by atomic mass is 16.7. The third-order valence-corrected chi connectivity index (χ3v) is 36.9. The fourth-order valence-corrected chi connectivity index (χ4v) is 30.3. The van der Waals surface area contributed by atoms with Crippen LogP contribution < -0.4 is 23.7 Å². The molecule has 5 heterocycles. The van der Waals surface area contributed by atoms with Gasteiger partial charge < -0.3 is 131 Å². The van der Waals surface area contributed by atoms with E-state index >= 15 is 0 Å². The molecule has 16 unspecified atom stereocenters. The number of hydrogen-bond donors (Lipinski definition) is 5. The zero-order valence-electron chi connectivity index (χ0n) is 81.9. The van der Waals surface area contributed by atoms with Gasteiger partial charge in [0.2, 0.25) is 0 Å². The molecule has 10 fully saturated rings. The largest absolute Gasteiger partial charge is 0.504 e. The molecule has 0 radical (unpaired) electrons. The molecule has 10 bridgehead atoms. The molecule has 724 valence electrons. The molecule has 5 saturated heterocycles. The van der Waals surface area contributed by atoms with Gasteiger partial charge in [-0.15, -0.1) is 0 Å². The predicted molar refractivity (Wildman–Crippen MR) is 494 cm³/mol. The van der Waals surface area contributed by atoms with Crippen molar-refractivity contribution in [3.8, 4) is 57.5 Å². The summed E-state index contributed by atoms with van der Waals surface area (Å²) in [5.74, 6) is 3.90. The van der Waals surface area contributed by atoms with E-state index in [1.165, 1.54) is 22.3 Å². The van der Waals surface area contributed by atoms with E-state index in [0.29, 0.717) is 107 Å². The number of fused-ring (bicyclic) bond motifs is 5. The van der Waals surface area contributed by atoms with Crippen molar-refractivity contribution in [3.63, 3.8) is 0 Å². The Morgan fingerprint density at radius 3 is 1.24 bits per heavy atom. The Bertz CT molecular complexity index is 4940. The van der Waals surface area contributed by atoms with Crippen molar-refractivity contribution in [2.75, 3.05) is 189 Å². The van der Waals surface area contributed by atoms with Crippen LogP contribution in [0, 0.1) is 29.6 Å². The van der Waals surface area contributed by atoms with Gasteiger partial charge in [0.25, 0.3) is 0 Å². The number of carbonyl (C=O) groups is 1. The highest BCUT2D eigenvalue weighted by Crippen LogP contribution is 2.69. The first-order valence-electron chi connectivity index (χ1n) is 47.4. The molecule has 5 aliphatic heterocycles. The van der Waals surface area contributed by atoms with Crippen LogP contribution >= 0.6 is 0 Å². The minimum atomic E-state index is -0.759. The molecule has 15 aliphatic rings. The van der Waals surface area contributed by atoms with Crippen molar-refractivity contribution in [1.82, 2.24) is 24.5 Å². The first-order valence-corrected chi connectivity index (χ1v) is 47.4. The van der Waals surface area contributed by atoms with E-state index in [2.05, 4.69) is 97.0 Å². The van der Waals surface area contributed by atoms with Crippen molar-refractivity contribution in [1.29, 1.82) is 0 Å². The average Bonchev–Trinajstić information content (AvgIpc) is 0.666. The van der Waals surface area contributed by atoms with Crippen LogP contribution in [0.25, 0.3) is 0 Å². The van der Waals surface area contributed by atoms with Gasteiger partial charge in [-0.1, -0.05) is 37.3 Å². The standard InChI is InChI=1S/3C21H31NO5.C21H31NO4.C19H25NO4/c1-22-9-8-20-12-17(25-3)21(26-4,27-5)11-14(20)15(22)10-13-6-7-16(24-2)19(23)18(13)20;1-22-9-8-21-13(11-16(25-3)19(26-4)20(21)27-5)14(22)10-12-6-7-15(24-2)18(23)17(12)21;1-22-11-10-19-8-9-20(25-3,26-4)13-21(19,27-5)16(22)12-14-6-7-15(24-2)18(23)17(14)19;1-13-10-15-16-11-14-6-7-17(24-3)19(23)18(14)20(15,8-9-22(16)2)12-21(13,25-4)26-5;1-20-7-6-19-10-14(21)16(24-3)9-12(19)13(20)8-11-4-5-15(23-2)18(22)17(11)19/h6-7,14-15,17,23H,8-12H2,1-5H3;6-7,13-14,16,19-20,23H,8-11H2,1-5H3;6-7,16,23H,8-13H2,1-5H3;6-7,13,15-16,23H,8-12H2,1-5H3;4-5,12-13,16,22H,6-10H2,1-3H3/t14?,15?,17?,20-;13?,14?,16?,19?,20?,21-;16?,19-,21?;13?,15?,16?,20-;12?,13?,16?,19-/m11111/s1. The fraction of sp³-hybridized carbons (Fsp3) is 0.699. The quantitative estimate of drug-likeness (QED) is 0.0541. The lowest BCUT2D eigenvalue weighted by molar-refractivity contribution is -0.302. The number of ketones is 1. The van der Waals surface area contributed by atoms with Crippen LogP contribution in [-0.2, 0) is 121 Å². The molecule has 20 rings (SSSR count). The van der Waals surface area contributed by atoms with Gasteiger partial charge in [0.1, 0.15) is 18.3 Å². The van der Waals surface area contributed by atoms with Gasteiger partial charge in [-0.05, 0) is 246 Å². The molecule has 5 aromatic carbocycles. The fourth-order valence-electron chi connectivity index (χ4n) is 30.3. The lowest BCUT2D eigenvalue weighted by Gasteiger charge is -2.66. The number of likely N-dealkylation sites (N-methyl/N-ethyl adjacent to an activating group) is 5. The number of benzene rings is 5. The van der Waals surface area contributed by atoms with Crippen molar-refractivity contribution >= 4 is 5.78 Å². The molecular weight excluding hydrogens is 1680 g/mol. The Kier molecular flexibility index (Phi) is 27.6. The molecular formula is C103H149N5O23. The molecule has 0 amide bonds. The van der Waals surface area contributed by atoms with Crippen molar-refractivity contribution < 1.29 is 111 Å². The van der Waals surface area contributed by atoms with E-state index in [9.17, 15) is 30.3 Å². The van der Waals surface area contributed by atoms with Gasteiger partial charge in [-0.25, -0.2) is 0 Å². The topological polar surface area (TPSA) is 291 Å². The van der Waals surface area contributed by atoms with E-state index in [4.69, 9.17) is 80.5 Å². The molecule has 131 heavy (non-hydrogen) atoms. The summed E-state index contributed by atoms with van der Waals surface area (Å²) < 4.78 is 98.1. The van der Waals surface area contributed by atoms with Crippen LogP contribution in [0.15, 0.2) is 60.7 Å². The molecule has 28 heteroatoms. The van der Waals surface area contributed by atoms with Crippen LogP contribution in [0.2, 0.25) is 0 Å². The number of methoxy groups -OCH3 is 17. The third-order valence-electron chi connectivity index (χ3n) is 36.9. The first-order chi connectivity index (χ1) is 62.8. The Morgan fingerprint density at radius 1 is 0.359 bits per heavy atom. The number of likely N-dealkylation sites (tertiary alicyclic amines) is 5. The predicted octanol–water partition coefficient (Wildman–Crippen LogP) is 11.6. The van der Waals surface area contributed by atoms with Crippen LogP contribution in [0.4, 0.5) is 0 Å².